The first kappa shape index (κ1) is 18.5. The molecule has 0 aliphatic carbocycles. The van der Waals surface area contributed by atoms with Crippen LogP contribution in [0.4, 0.5) is 24.5 Å². The number of nitrogens with one attached hydrogen (secondary N) is 2. The van der Waals surface area contributed by atoms with Gasteiger partial charge in [0.05, 0.1) is 5.56 Å². The number of halogens is 3. The summed E-state index contributed by atoms with van der Waals surface area (Å²) < 4.78 is 38.2. The van der Waals surface area contributed by atoms with Crippen LogP contribution < -0.4 is 10.6 Å². The smallest absolute Gasteiger partial charge is 0.326 e. The van der Waals surface area contributed by atoms with E-state index in [4.69, 9.17) is 0 Å². The second-order valence-corrected chi connectivity index (χ2v) is 5.76. The summed E-state index contributed by atoms with van der Waals surface area (Å²) in [6.07, 6.45) is -4.52. The number of anilines is 2. The fourth-order valence-corrected chi connectivity index (χ4v) is 2.00. The molecule has 2 aromatic carbocycles. The molecule has 0 aliphatic rings. The Balaban J connectivity index is 2.14. The Labute approximate surface area is 143 Å². The van der Waals surface area contributed by atoms with Crippen LogP contribution in [0.5, 0.6) is 0 Å². The number of carbonyl (C=O) groups excluding carboxylic acids is 2. The third-order valence-electron chi connectivity index (χ3n) is 3.36. The molecule has 0 spiro atoms. The van der Waals surface area contributed by atoms with Crippen LogP contribution in [0.1, 0.15) is 29.8 Å². The molecule has 2 N–H and O–H groups in total. The minimum Gasteiger partial charge on any atom is -0.326 e. The molecule has 132 valence electrons. The van der Waals surface area contributed by atoms with Crippen LogP contribution >= 0.6 is 0 Å². The van der Waals surface area contributed by atoms with E-state index in [1.807, 2.05) is 0 Å². The van der Waals surface area contributed by atoms with Crippen LogP contribution in [0, 0.1) is 5.92 Å². The summed E-state index contributed by atoms with van der Waals surface area (Å²) in [5.74, 6) is -1.05. The van der Waals surface area contributed by atoms with E-state index in [1.54, 1.807) is 32.0 Å². The van der Waals surface area contributed by atoms with Gasteiger partial charge in [0.25, 0.3) is 5.91 Å². The first-order valence-corrected chi connectivity index (χ1v) is 7.56. The fourth-order valence-electron chi connectivity index (χ4n) is 2.00. The van der Waals surface area contributed by atoms with E-state index < -0.39 is 17.6 Å². The second kappa shape index (κ2) is 7.38. The zero-order chi connectivity index (χ0) is 18.6. The molecule has 4 nitrogen and oxygen atoms in total. The van der Waals surface area contributed by atoms with Gasteiger partial charge in [-0.25, -0.2) is 0 Å². The number of rotatable bonds is 4. The Kier molecular flexibility index (Phi) is 5.46. The quantitative estimate of drug-likeness (QED) is 0.850. The van der Waals surface area contributed by atoms with Crippen molar-refractivity contribution in [3.63, 3.8) is 0 Å². The third kappa shape index (κ3) is 5.07. The molecule has 0 aliphatic heterocycles. The number of hydrogen-bond donors (Lipinski definition) is 2. The molecule has 25 heavy (non-hydrogen) atoms. The highest BCUT2D eigenvalue weighted by molar-refractivity contribution is 6.04. The highest BCUT2D eigenvalue weighted by atomic mass is 19.4. The largest absolute Gasteiger partial charge is 0.416 e. The molecule has 0 aromatic heterocycles. The van der Waals surface area contributed by atoms with Crippen LogP contribution in [0.2, 0.25) is 0 Å². The fraction of sp³-hybridized carbons (Fsp3) is 0.222. The molecule has 0 heterocycles. The monoisotopic (exact) mass is 350 g/mol. The molecule has 0 saturated carbocycles. The molecule has 0 fully saturated rings. The topological polar surface area (TPSA) is 58.2 Å². The maximum atomic E-state index is 12.7. The first-order valence-electron chi connectivity index (χ1n) is 7.56. The van der Waals surface area contributed by atoms with Gasteiger partial charge in [0.2, 0.25) is 5.91 Å². The van der Waals surface area contributed by atoms with Crippen molar-refractivity contribution in [2.75, 3.05) is 10.6 Å². The van der Waals surface area contributed by atoms with Crippen molar-refractivity contribution in [3.05, 3.63) is 59.7 Å². The summed E-state index contributed by atoms with van der Waals surface area (Å²) in [6, 6.07) is 10.6. The van der Waals surface area contributed by atoms with Gasteiger partial charge in [-0.1, -0.05) is 26.0 Å². The molecule has 2 aromatic rings. The Bertz CT molecular complexity index is 786. The third-order valence-corrected chi connectivity index (χ3v) is 3.36. The number of alkyl halides is 3. The van der Waals surface area contributed by atoms with Gasteiger partial charge in [-0.05, 0) is 36.4 Å². The standard InChI is InChI=1S/C18H17F3N2O2/c1-11(2)16(24)22-14-7-4-8-15(10-14)23-17(25)12-5-3-6-13(9-12)18(19,20)21/h3-11H,1-2H3,(H,22,24)(H,23,25). The normalized spacial score (nSPS) is 11.3. The molecular weight excluding hydrogens is 333 g/mol. The predicted octanol–water partition coefficient (Wildman–Crippen LogP) is 4.55. The van der Waals surface area contributed by atoms with Crippen molar-refractivity contribution in [2.45, 2.75) is 20.0 Å². The van der Waals surface area contributed by atoms with Crippen LogP contribution in [-0.2, 0) is 11.0 Å². The minimum atomic E-state index is -4.52. The molecule has 2 rings (SSSR count). The maximum Gasteiger partial charge on any atom is 0.416 e. The van der Waals surface area contributed by atoms with Crippen molar-refractivity contribution in [2.24, 2.45) is 5.92 Å². The Morgan fingerprint density at radius 3 is 2.12 bits per heavy atom. The second-order valence-electron chi connectivity index (χ2n) is 5.76. The van der Waals surface area contributed by atoms with Gasteiger partial charge in [0, 0.05) is 22.9 Å². The summed E-state index contributed by atoms with van der Waals surface area (Å²) in [5, 5.41) is 5.21. The Morgan fingerprint density at radius 2 is 1.52 bits per heavy atom. The van der Waals surface area contributed by atoms with Crippen molar-refractivity contribution < 1.29 is 22.8 Å². The number of benzene rings is 2. The predicted molar refractivity (Wildman–Crippen MR) is 89.3 cm³/mol. The lowest BCUT2D eigenvalue weighted by molar-refractivity contribution is -0.137. The van der Waals surface area contributed by atoms with Crippen molar-refractivity contribution in [3.8, 4) is 0 Å². The number of hydrogen-bond acceptors (Lipinski definition) is 2. The van der Waals surface area contributed by atoms with Gasteiger partial charge < -0.3 is 10.6 Å². The zero-order valence-electron chi connectivity index (χ0n) is 13.6. The first-order chi connectivity index (χ1) is 11.7. The highest BCUT2D eigenvalue weighted by Crippen LogP contribution is 2.29. The summed E-state index contributed by atoms with van der Waals surface area (Å²) in [6.45, 7) is 3.49. The number of amides is 2. The van der Waals surface area contributed by atoms with Gasteiger partial charge in [0.15, 0.2) is 0 Å². The van der Waals surface area contributed by atoms with Crippen LogP contribution in [-0.4, -0.2) is 11.8 Å². The molecule has 2 amide bonds. The van der Waals surface area contributed by atoms with E-state index in [9.17, 15) is 22.8 Å². The van der Waals surface area contributed by atoms with E-state index in [0.29, 0.717) is 11.4 Å². The summed E-state index contributed by atoms with van der Waals surface area (Å²) in [5.41, 5.74) is -0.144. The maximum absolute atomic E-state index is 12.7. The zero-order valence-corrected chi connectivity index (χ0v) is 13.6. The highest BCUT2D eigenvalue weighted by Gasteiger charge is 2.30. The van der Waals surface area contributed by atoms with Crippen molar-refractivity contribution in [1.82, 2.24) is 0 Å². The van der Waals surface area contributed by atoms with Gasteiger partial charge in [-0.2, -0.15) is 13.2 Å². The van der Waals surface area contributed by atoms with Crippen molar-refractivity contribution in [1.29, 1.82) is 0 Å². The Hall–Kier alpha value is -2.83. The summed E-state index contributed by atoms with van der Waals surface area (Å²) >= 11 is 0. The molecule has 0 saturated heterocycles. The lowest BCUT2D eigenvalue weighted by Gasteiger charge is -2.11. The number of carbonyl (C=O) groups is 2. The molecule has 0 unspecified atom stereocenters. The Morgan fingerprint density at radius 1 is 0.920 bits per heavy atom. The van der Waals surface area contributed by atoms with E-state index in [0.717, 1.165) is 12.1 Å². The van der Waals surface area contributed by atoms with E-state index in [2.05, 4.69) is 10.6 Å². The molecular formula is C18H17F3N2O2. The minimum absolute atomic E-state index is 0.105. The van der Waals surface area contributed by atoms with Gasteiger partial charge in [-0.15, -0.1) is 0 Å². The van der Waals surface area contributed by atoms with Crippen LogP contribution in [0.25, 0.3) is 0 Å². The molecule has 7 heteroatoms. The summed E-state index contributed by atoms with van der Waals surface area (Å²) in [4.78, 5) is 23.9. The molecule has 0 atom stereocenters. The average Bonchev–Trinajstić information content (AvgIpc) is 2.54. The SMILES string of the molecule is CC(C)C(=O)Nc1cccc(NC(=O)c2cccc(C(F)(F)F)c2)c1. The van der Waals surface area contributed by atoms with E-state index in [1.165, 1.54) is 18.2 Å². The van der Waals surface area contributed by atoms with E-state index in [-0.39, 0.29) is 17.4 Å². The lowest BCUT2D eigenvalue weighted by Crippen LogP contribution is -2.18. The average molecular weight is 350 g/mol. The summed E-state index contributed by atoms with van der Waals surface area (Å²) in [7, 11) is 0. The van der Waals surface area contributed by atoms with Gasteiger partial charge >= 0.3 is 6.18 Å². The van der Waals surface area contributed by atoms with E-state index >= 15 is 0 Å². The molecule has 0 radical (unpaired) electrons. The van der Waals surface area contributed by atoms with Crippen LogP contribution in [0.15, 0.2) is 48.5 Å². The lowest BCUT2D eigenvalue weighted by atomic mass is 10.1. The van der Waals surface area contributed by atoms with Gasteiger partial charge in [-0.3, -0.25) is 9.59 Å². The van der Waals surface area contributed by atoms with Crippen molar-refractivity contribution >= 4 is 23.2 Å². The molecule has 0 bridgehead atoms. The van der Waals surface area contributed by atoms with Crippen LogP contribution in [0.3, 0.4) is 0 Å². The van der Waals surface area contributed by atoms with Gasteiger partial charge in [0.1, 0.15) is 0 Å².